The molecule has 3 aliphatic heterocycles. The van der Waals surface area contributed by atoms with E-state index < -0.39 is 30.4 Å². The molecule has 13 heteroatoms. The molecule has 3 aromatic rings. The molecule has 3 aliphatic rings. The van der Waals surface area contributed by atoms with E-state index in [4.69, 9.17) is 9.47 Å². The molecule has 2 aromatic carbocycles. The van der Waals surface area contributed by atoms with Crippen LogP contribution in [0.5, 0.6) is 11.5 Å². The molecule has 0 spiro atoms. The monoisotopic (exact) mass is 708 g/mol. The molecule has 0 bridgehead atoms. The van der Waals surface area contributed by atoms with Gasteiger partial charge in [0.05, 0.1) is 38.1 Å². The number of ether oxygens (including phenoxy) is 2. The second-order valence-corrected chi connectivity index (χ2v) is 13.9. The summed E-state index contributed by atoms with van der Waals surface area (Å²) < 4.78 is 60.1. The Kier molecular flexibility index (Phi) is 10.4. The van der Waals surface area contributed by atoms with E-state index in [9.17, 15) is 9.59 Å². The number of methoxy groups -OCH3 is 2. The number of rotatable bonds is 9. The first-order chi connectivity index (χ1) is 24.3. The van der Waals surface area contributed by atoms with Crippen molar-refractivity contribution in [1.82, 2.24) is 19.7 Å². The Morgan fingerprint density at radius 1 is 0.980 bits per heavy atom. The average Bonchev–Trinajstić information content (AvgIpc) is 3.10. The van der Waals surface area contributed by atoms with Gasteiger partial charge in [-0.05, 0) is 74.6 Å². The van der Waals surface area contributed by atoms with Crippen molar-refractivity contribution in [2.45, 2.75) is 57.7 Å². The van der Waals surface area contributed by atoms with Crippen molar-refractivity contribution in [2.75, 3.05) is 63.7 Å². The van der Waals surface area contributed by atoms with Crippen LogP contribution in [0.15, 0.2) is 53.6 Å². The summed E-state index contributed by atoms with van der Waals surface area (Å²) in [4.78, 5) is 30.2. The lowest BCUT2D eigenvalue weighted by Crippen LogP contribution is -2.61. The quantitative estimate of drug-likeness (QED) is 0.319. The zero-order valence-electron chi connectivity index (χ0n) is 30.0. The normalized spacial score (nSPS) is 21.4. The van der Waals surface area contributed by atoms with Crippen LogP contribution in [0.4, 0.5) is 24.5 Å². The molecule has 51 heavy (non-hydrogen) atoms. The van der Waals surface area contributed by atoms with Crippen LogP contribution in [0.1, 0.15) is 36.0 Å². The number of allylic oxidation sites excluding steroid dienone is 1. The first kappa shape index (κ1) is 36.3. The van der Waals surface area contributed by atoms with Gasteiger partial charge in [0.1, 0.15) is 23.4 Å². The molecule has 274 valence electrons. The lowest BCUT2D eigenvalue weighted by atomic mass is 9.95. The number of hydrogen-bond donors (Lipinski definition) is 2. The number of carbonyl (C=O) groups excluding carboxylic acids is 1. The van der Waals surface area contributed by atoms with E-state index in [1.165, 1.54) is 6.07 Å². The summed E-state index contributed by atoms with van der Waals surface area (Å²) in [7, 11) is 4.81. The van der Waals surface area contributed by atoms with Crippen LogP contribution in [0, 0.1) is 19.7 Å². The van der Waals surface area contributed by atoms with E-state index in [1.54, 1.807) is 56.0 Å². The van der Waals surface area contributed by atoms with Crippen molar-refractivity contribution in [1.29, 1.82) is 0 Å². The zero-order valence-corrected chi connectivity index (χ0v) is 30.0. The number of aromatic nitrogens is 1. The topological polar surface area (TPSA) is 91.3 Å². The number of nitrogens with one attached hydrogen (secondary N) is 2. The lowest BCUT2D eigenvalue weighted by molar-refractivity contribution is -0.129. The Labute approximate surface area is 296 Å². The van der Waals surface area contributed by atoms with Gasteiger partial charge in [-0.1, -0.05) is 6.58 Å². The van der Waals surface area contributed by atoms with Crippen LogP contribution < -0.4 is 30.6 Å². The van der Waals surface area contributed by atoms with E-state index in [0.29, 0.717) is 85.3 Å². The van der Waals surface area contributed by atoms with Crippen LogP contribution >= 0.6 is 0 Å². The molecule has 3 fully saturated rings. The van der Waals surface area contributed by atoms with E-state index in [-0.39, 0.29) is 24.4 Å². The van der Waals surface area contributed by atoms with E-state index in [1.807, 2.05) is 28.9 Å². The van der Waals surface area contributed by atoms with Crippen LogP contribution in [-0.2, 0) is 18.4 Å². The number of piperazine rings is 1. The van der Waals surface area contributed by atoms with Gasteiger partial charge >= 0.3 is 0 Å². The number of pyridine rings is 1. The van der Waals surface area contributed by atoms with Gasteiger partial charge in [-0.15, -0.1) is 0 Å². The summed E-state index contributed by atoms with van der Waals surface area (Å²) in [6.07, 6.45) is 3.30. The van der Waals surface area contributed by atoms with Crippen LogP contribution in [0.3, 0.4) is 0 Å². The molecule has 0 unspecified atom stereocenters. The van der Waals surface area contributed by atoms with Crippen molar-refractivity contribution in [2.24, 2.45) is 7.05 Å². The predicted octanol–water partition coefficient (Wildman–Crippen LogP) is 5.06. The molecular weight excluding hydrogens is 661 g/mol. The third kappa shape index (κ3) is 7.45. The molecule has 0 saturated carbocycles. The highest BCUT2D eigenvalue weighted by atomic mass is 19.3. The van der Waals surface area contributed by atoms with Crippen molar-refractivity contribution >= 4 is 17.3 Å². The Bertz CT molecular complexity index is 1850. The molecule has 10 nitrogen and oxygen atoms in total. The summed E-state index contributed by atoms with van der Waals surface area (Å²) in [5.41, 5.74) is 5.39. The van der Waals surface area contributed by atoms with Gasteiger partial charge < -0.3 is 29.6 Å². The minimum Gasteiger partial charge on any atom is -0.496 e. The Morgan fingerprint density at radius 2 is 1.67 bits per heavy atom. The van der Waals surface area contributed by atoms with Gasteiger partial charge in [0.15, 0.2) is 0 Å². The number of hydrogen-bond acceptors (Lipinski definition) is 8. The number of piperidine rings is 2. The summed E-state index contributed by atoms with van der Waals surface area (Å²) in [6, 6.07) is 7.16. The molecule has 3 saturated heterocycles. The summed E-state index contributed by atoms with van der Waals surface area (Å²) in [5.74, 6) is -2.53. The Morgan fingerprint density at radius 3 is 2.27 bits per heavy atom. The van der Waals surface area contributed by atoms with E-state index >= 15 is 13.2 Å². The SMILES string of the molecule is C=C1CC[C@H](Nc2ccc(N3CCN([C@H]4CCN(Cc5c(OC)cc(-c6cn(C)c(=O)c(C)c6C)cc5OC)CC4(F)F)CC3)c(F)c2)C(=O)N1. The summed E-state index contributed by atoms with van der Waals surface area (Å²) in [6.45, 7) is 9.37. The fourth-order valence-electron chi connectivity index (χ4n) is 7.61. The first-order valence-electron chi connectivity index (χ1n) is 17.4. The fourth-order valence-corrected chi connectivity index (χ4v) is 7.61. The highest BCUT2D eigenvalue weighted by Crippen LogP contribution is 2.39. The fraction of sp³-hybridized carbons (Fsp3) is 0.474. The maximum Gasteiger partial charge on any atom is 0.275 e. The zero-order chi connectivity index (χ0) is 36.6. The van der Waals surface area contributed by atoms with Gasteiger partial charge in [0.25, 0.3) is 11.5 Å². The second kappa shape index (κ2) is 14.6. The number of anilines is 2. The highest BCUT2D eigenvalue weighted by molar-refractivity contribution is 5.87. The standard InChI is InChI=1S/C38H47F3N6O4/c1-23-7-9-31(36(48)42-23)43-27-8-10-32(30(39)19-27)46-13-15-47(16-14-46)35-11-12-45(22-38(35,40)41)21-29-33(50-5)17-26(18-34(29)51-6)28-20-44(4)37(49)25(3)24(28)2/h8,10,17-20,31,35,43H,1,7,9,11-16,21-22H2,2-6H3,(H,42,48)/t31-,35-/m0/s1. The Hall–Kier alpha value is -4.49. The highest BCUT2D eigenvalue weighted by Gasteiger charge is 2.48. The van der Waals surface area contributed by atoms with Gasteiger partial charge in [0, 0.05) is 75.0 Å². The lowest BCUT2D eigenvalue weighted by Gasteiger charge is -2.46. The molecule has 0 aliphatic carbocycles. The molecular formula is C38H47F3N6O4. The van der Waals surface area contributed by atoms with E-state index in [0.717, 1.165) is 16.7 Å². The molecule has 2 atom stereocenters. The van der Waals surface area contributed by atoms with Gasteiger partial charge in [-0.25, -0.2) is 13.2 Å². The van der Waals surface area contributed by atoms with Gasteiger partial charge in [-0.3, -0.25) is 19.4 Å². The van der Waals surface area contributed by atoms with Gasteiger partial charge in [-0.2, -0.15) is 0 Å². The van der Waals surface area contributed by atoms with Crippen molar-refractivity contribution in [3.63, 3.8) is 0 Å². The smallest absolute Gasteiger partial charge is 0.275 e. The Balaban J connectivity index is 1.09. The molecule has 6 rings (SSSR count). The van der Waals surface area contributed by atoms with Crippen LogP contribution in [0.25, 0.3) is 11.1 Å². The maximum atomic E-state index is 15.9. The maximum absolute atomic E-state index is 15.9. The molecule has 2 N–H and O–H groups in total. The second-order valence-electron chi connectivity index (χ2n) is 13.9. The molecule has 0 radical (unpaired) electrons. The first-order valence-corrected chi connectivity index (χ1v) is 17.4. The summed E-state index contributed by atoms with van der Waals surface area (Å²) in [5, 5.41) is 5.82. The average molecular weight is 709 g/mol. The summed E-state index contributed by atoms with van der Waals surface area (Å²) >= 11 is 0. The van der Waals surface area contributed by atoms with Crippen LogP contribution in [-0.4, -0.2) is 91.8 Å². The number of nitrogens with zero attached hydrogens (tertiary/aromatic N) is 4. The van der Waals surface area contributed by atoms with Crippen LogP contribution in [0.2, 0.25) is 0 Å². The minimum atomic E-state index is -2.97. The molecule has 4 heterocycles. The molecule has 1 amide bonds. The number of amides is 1. The van der Waals surface area contributed by atoms with Crippen molar-refractivity contribution < 1.29 is 27.4 Å². The number of alkyl halides is 2. The predicted molar refractivity (Wildman–Crippen MR) is 192 cm³/mol. The van der Waals surface area contributed by atoms with Crippen molar-refractivity contribution in [3.05, 3.63) is 81.7 Å². The third-order valence-corrected chi connectivity index (χ3v) is 10.6. The number of benzene rings is 2. The minimum absolute atomic E-state index is 0.0642. The third-order valence-electron chi connectivity index (χ3n) is 10.6. The number of carbonyl (C=O) groups is 1. The van der Waals surface area contributed by atoms with Crippen molar-refractivity contribution in [3.8, 4) is 22.6 Å². The largest absolute Gasteiger partial charge is 0.496 e. The number of halogens is 3. The number of aryl methyl sites for hydroxylation is 1. The van der Waals surface area contributed by atoms with Gasteiger partial charge in [0.2, 0.25) is 5.91 Å². The van der Waals surface area contributed by atoms with E-state index in [2.05, 4.69) is 17.2 Å². The molecule has 1 aromatic heterocycles. The number of likely N-dealkylation sites (tertiary alicyclic amines) is 1.